The number of rotatable bonds is 9. The highest BCUT2D eigenvalue weighted by Crippen LogP contribution is 2.27. The Morgan fingerprint density at radius 2 is 2.17 bits per heavy atom. The van der Waals surface area contributed by atoms with Crippen molar-refractivity contribution in [2.24, 2.45) is 11.7 Å². The van der Waals surface area contributed by atoms with Crippen molar-refractivity contribution in [3.05, 3.63) is 29.3 Å². The predicted molar refractivity (Wildman–Crippen MR) is 94.9 cm³/mol. The van der Waals surface area contributed by atoms with Crippen LogP contribution < -0.4 is 15.8 Å². The monoisotopic (exact) mass is 334 g/mol. The van der Waals surface area contributed by atoms with Crippen LogP contribution in [-0.4, -0.2) is 31.8 Å². The summed E-state index contributed by atoms with van der Waals surface area (Å²) < 4.78 is 11.1. The molecule has 24 heavy (non-hydrogen) atoms. The highest BCUT2D eigenvalue weighted by atomic mass is 16.5. The van der Waals surface area contributed by atoms with Crippen molar-refractivity contribution in [3.63, 3.8) is 0 Å². The van der Waals surface area contributed by atoms with E-state index in [2.05, 4.69) is 5.32 Å². The van der Waals surface area contributed by atoms with Crippen LogP contribution in [-0.2, 0) is 16.1 Å². The van der Waals surface area contributed by atoms with E-state index < -0.39 is 0 Å². The van der Waals surface area contributed by atoms with E-state index in [-0.39, 0.29) is 11.9 Å². The summed E-state index contributed by atoms with van der Waals surface area (Å²) in [4.78, 5) is 12.2. The average molecular weight is 334 g/mol. The number of ether oxygens (including phenoxy) is 2. The van der Waals surface area contributed by atoms with Crippen LogP contribution in [0, 0.1) is 12.8 Å². The molecule has 3 N–H and O–H groups in total. The van der Waals surface area contributed by atoms with E-state index in [1.807, 2.05) is 32.0 Å². The van der Waals surface area contributed by atoms with Gasteiger partial charge in [0.25, 0.3) is 0 Å². The molecular formula is C19H30N2O3. The zero-order chi connectivity index (χ0) is 17.4. The van der Waals surface area contributed by atoms with Crippen molar-refractivity contribution in [1.29, 1.82) is 0 Å². The third kappa shape index (κ3) is 5.80. The van der Waals surface area contributed by atoms with Gasteiger partial charge >= 0.3 is 0 Å². The fourth-order valence-electron chi connectivity index (χ4n) is 3.12. The van der Waals surface area contributed by atoms with Gasteiger partial charge in [0.05, 0.1) is 6.61 Å². The van der Waals surface area contributed by atoms with Gasteiger partial charge in [-0.1, -0.05) is 18.6 Å². The molecule has 1 aromatic rings. The number of aryl methyl sites for hydroxylation is 1. The molecule has 2 atom stereocenters. The molecule has 0 aliphatic heterocycles. The summed E-state index contributed by atoms with van der Waals surface area (Å²) in [5.74, 6) is 1.20. The minimum Gasteiger partial charge on any atom is -0.491 e. The topological polar surface area (TPSA) is 73.6 Å². The molecule has 0 saturated heterocycles. The lowest BCUT2D eigenvalue weighted by atomic mass is 10.00. The van der Waals surface area contributed by atoms with E-state index in [0.29, 0.717) is 38.7 Å². The summed E-state index contributed by atoms with van der Waals surface area (Å²) in [6, 6.07) is 6.21. The van der Waals surface area contributed by atoms with Crippen LogP contribution in [0.1, 0.15) is 43.7 Å². The first-order chi connectivity index (χ1) is 11.6. The Labute approximate surface area is 144 Å². The fourth-order valence-corrected chi connectivity index (χ4v) is 3.12. The molecule has 1 aliphatic rings. The number of nitrogens with two attached hydrogens (primary N) is 1. The maximum atomic E-state index is 12.2. The molecule has 5 heteroatoms. The Morgan fingerprint density at radius 3 is 2.88 bits per heavy atom. The van der Waals surface area contributed by atoms with Crippen molar-refractivity contribution in [3.8, 4) is 5.75 Å². The van der Waals surface area contributed by atoms with Crippen LogP contribution in [0.4, 0.5) is 0 Å². The highest BCUT2D eigenvalue weighted by molar-refractivity contribution is 5.76. The first-order valence-corrected chi connectivity index (χ1v) is 8.92. The highest BCUT2D eigenvalue weighted by Gasteiger charge is 2.25. The van der Waals surface area contributed by atoms with Crippen LogP contribution in [0.2, 0.25) is 0 Å². The molecule has 1 aromatic carbocycles. The van der Waals surface area contributed by atoms with Crippen LogP contribution in [0.25, 0.3) is 0 Å². The van der Waals surface area contributed by atoms with E-state index in [1.54, 1.807) is 0 Å². The Morgan fingerprint density at radius 1 is 1.33 bits per heavy atom. The van der Waals surface area contributed by atoms with Gasteiger partial charge < -0.3 is 20.5 Å². The molecule has 0 heterocycles. The second-order valence-electron chi connectivity index (χ2n) is 6.49. The van der Waals surface area contributed by atoms with Gasteiger partial charge in [-0.25, -0.2) is 0 Å². The van der Waals surface area contributed by atoms with Crippen molar-refractivity contribution in [2.75, 3.05) is 19.8 Å². The molecule has 5 nitrogen and oxygen atoms in total. The molecule has 0 unspecified atom stereocenters. The van der Waals surface area contributed by atoms with E-state index >= 15 is 0 Å². The summed E-state index contributed by atoms with van der Waals surface area (Å²) in [7, 11) is 0. The number of nitrogens with one attached hydrogen (secondary N) is 1. The number of benzene rings is 1. The number of hydrogen-bond donors (Lipinski definition) is 2. The Kier molecular flexibility index (Phi) is 7.53. The van der Waals surface area contributed by atoms with Gasteiger partial charge in [-0.15, -0.1) is 0 Å². The predicted octanol–water partition coefficient (Wildman–Crippen LogP) is 2.54. The molecule has 1 amide bonds. The number of hydrogen-bond acceptors (Lipinski definition) is 4. The van der Waals surface area contributed by atoms with Gasteiger partial charge in [-0.05, 0) is 44.2 Å². The molecule has 0 aromatic heterocycles. The van der Waals surface area contributed by atoms with E-state index in [0.717, 1.165) is 36.1 Å². The quantitative estimate of drug-likeness (QED) is 0.681. The summed E-state index contributed by atoms with van der Waals surface area (Å²) in [6.45, 7) is 6.22. The lowest BCUT2D eigenvalue weighted by molar-refractivity contribution is -0.122. The van der Waals surface area contributed by atoms with Crippen molar-refractivity contribution >= 4 is 5.91 Å². The molecule has 134 valence electrons. The normalized spacial score (nSPS) is 20.1. The van der Waals surface area contributed by atoms with Crippen LogP contribution in [0.15, 0.2) is 18.2 Å². The zero-order valence-electron chi connectivity index (χ0n) is 14.8. The molecule has 1 saturated carbocycles. The smallest absolute Gasteiger partial charge is 0.220 e. The molecule has 0 radical (unpaired) electrons. The molecular weight excluding hydrogens is 304 g/mol. The second-order valence-corrected chi connectivity index (χ2v) is 6.49. The lowest BCUT2D eigenvalue weighted by Crippen LogP contribution is -2.31. The van der Waals surface area contributed by atoms with Crippen LogP contribution in [0.5, 0.6) is 5.75 Å². The summed E-state index contributed by atoms with van der Waals surface area (Å²) in [5, 5.41) is 3.00. The molecule has 0 bridgehead atoms. The lowest BCUT2D eigenvalue weighted by Gasteiger charge is -2.16. The Balaban J connectivity index is 1.85. The Bertz CT molecular complexity index is 533. The third-order valence-electron chi connectivity index (χ3n) is 4.55. The standard InChI is InChI=1S/C19H30N2O3/c1-3-23-9-10-24-18-11-14(2)7-8-16(18)13-21-19(22)12-15-5-4-6-17(15)20/h7-8,11,15,17H,3-6,9-10,12-13,20H2,1-2H3,(H,21,22)/t15-,17+/m0/s1. The van der Waals surface area contributed by atoms with Gasteiger partial charge in [0.15, 0.2) is 0 Å². The van der Waals surface area contributed by atoms with Crippen LogP contribution >= 0.6 is 0 Å². The fraction of sp³-hybridized carbons (Fsp3) is 0.632. The van der Waals surface area contributed by atoms with Gasteiger partial charge in [-0.2, -0.15) is 0 Å². The Hall–Kier alpha value is -1.59. The summed E-state index contributed by atoms with van der Waals surface area (Å²) in [5.41, 5.74) is 8.16. The average Bonchev–Trinajstić information content (AvgIpc) is 2.95. The van der Waals surface area contributed by atoms with E-state index in [9.17, 15) is 4.79 Å². The second kappa shape index (κ2) is 9.64. The largest absolute Gasteiger partial charge is 0.491 e. The minimum absolute atomic E-state index is 0.0678. The number of amides is 1. The first kappa shape index (κ1) is 18.7. The minimum atomic E-state index is 0.0678. The molecule has 2 rings (SSSR count). The first-order valence-electron chi connectivity index (χ1n) is 8.92. The zero-order valence-corrected chi connectivity index (χ0v) is 14.8. The van der Waals surface area contributed by atoms with Gasteiger partial charge in [0.1, 0.15) is 12.4 Å². The third-order valence-corrected chi connectivity index (χ3v) is 4.55. The molecule has 1 aliphatic carbocycles. The summed E-state index contributed by atoms with van der Waals surface area (Å²) >= 11 is 0. The van der Waals surface area contributed by atoms with Crippen molar-refractivity contribution < 1.29 is 14.3 Å². The number of carbonyl (C=O) groups is 1. The van der Waals surface area contributed by atoms with Gasteiger partial charge in [0, 0.05) is 31.2 Å². The van der Waals surface area contributed by atoms with Crippen molar-refractivity contribution in [2.45, 2.75) is 52.1 Å². The van der Waals surface area contributed by atoms with E-state index in [1.165, 1.54) is 0 Å². The number of carbonyl (C=O) groups excluding carboxylic acids is 1. The maximum absolute atomic E-state index is 12.2. The van der Waals surface area contributed by atoms with Crippen molar-refractivity contribution in [1.82, 2.24) is 5.32 Å². The SMILES string of the molecule is CCOCCOc1cc(C)ccc1CNC(=O)C[C@@H]1CCC[C@H]1N. The summed E-state index contributed by atoms with van der Waals surface area (Å²) in [6.07, 6.45) is 3.75. The van der Waals surface area contributed by atoms with Gasteiger partial charge in [-0.3, -0.25) is 4.79 Å². The van der Waals surface area contributed by atoms with Crippen LogP contribution in [0.3, 0.4) is 0 Å². The van der Waals surface area contributed by atoms with Gasteiger partial charge in [0.2, 0.25) is 5.91 Å². The maximum Gasteiger partial charge on any atom is 0.220 e. The molecule has 0 spiro atoms. The van der Waals surface area contributed by atoms with E-state index in [4.69, 9.17) is 15.2 Å². The molecule has 1 fully saturated rings.